The number of morpholine rings is 2. The lowest BCUT2D eigenvalue weighted by Crippen LogP contribution is -2.73. The fourth-order valence-electron chi connectivity index (χ4n) is 8.87. The van der Waals surface area contributed by atoms with E-state index >= 15 is 4.39 Å². The number of ether oxygens (including phenoxy) is 2. The van der Waals surface area contributed by atoms with Crippen molar-refractivity contribution in [3.8, 4) is 0 Å². The molecule has 1 amide bonds. The molecule has 5 fully saturated rings. The first kappa shape index (κ1) is 27.5. The standard InChI is InChI=1S/C32H43FN4O4/c1-35(11-9-22-8-4-5-10-34-22)29-25(33)18-23-28-31(29)41-27-17-21-7-3-2-6-20(21)16-26(27)37(28)19-24(30(23)38)32(39)36-12-14-40-15-13-36/h4-5,8,10,19-21,23,25-29,31H,2-3,6-7,9,11-18H2,1H3. The summed E-state index contributed by atoms with van der Waals surface area (Å²) in [6.07, 6.45) is 9.87. The first-order valence-corrected chi connectivity index (χ1v) is 15.8. The SMILES string of the molecule is CN(CCc1ccccn1)C1C(F)CC2C(=O)C(C(=O)N3CCOCC3)=CN3C4CC5CCCCC5CC4OC1C23. The Bertz CT molecular complexity index is 1160. The van der Waals surface area contributed by atoms with E-state index in [9.17, 15) is 9.59 Å². The van der Waals surface area contributed by atoms with Crippen molar-refractivity contribution >= 4 is 11.7 Å². The number of fused-ring (bicyclic) bond motifs is 3. The number of pyridine rings is 1. The largest absolute Gasteiger partial charge is 0.378 e. The van der Waals surface area contributed by atoms with Crippen molar-refractivity contribution in [1.29, 1.82) is 0 Å². The van der Waals surface area contributed by atoms with Gasteiger partial charge in [0.25, 0.3) is 5.91 Å². The van der Waals surface area contributed by atoms with Crippen LogP contribution in [0.2, 0.25) is 0 Å². The van der Waals surface area contributed by atoms with Crippen LogP contribution in [-0.2, 0) is 25.5 Å². The Morgan fingerprint density at radius 1 is 1.12 bits per heavy atom. The zero-order valence-electron chi connectivity index (χ0n) is 24.1. The molecule has 3 saturated carbocycles. The zero-order valence-corrected chi connectivity index (χ0v) is 24.1. The van der Waals surface area contributed by atoms with Crippen LogP contribution in [0.5, 0.6) is 0 Å². The summed E-state index contributed by atoms with van der Waals surface area (Å²) in [5.74, 6) is 0.284. The number of Topliss-reactive ketones (excluding diaryl/α,β-unsaturated/α-hetero) is 1. The van der Waals surface area contributed by atoms with E-state index in [0.29, 0.717) is 44.7 Å². The van der Waals surface area contributed by atoms with Crippen LogP contribution in [-0.4, -0.2) is 108 Å². The van der Waals surface area contributed by atoms with Crippen LogP contribution in [0.15, 0.2) is 36.2 Å². The molecule has 9 heteroatoms. The maximum Gasteiger partial charge on any atom is 0.259 e. The second kappa shape index (κ2) is 11.4. The Labute approximate surface area is 242 Å². The molecule has 41 heavy (non-hydrogen) atoms. The number of amides is 1. The van der Waals surface area contributed by atoms with Gasteiger partial charge in [0, 0.05) is 50.1 Å². The number of aromatic nitrogens is 1. The summed E-state index contributed by atoms with van der Waals surface area (Å²) in [4.78, 5) is 38.3. The smallest absolute Gasteiger partial charge is 0.259 e. The van der Waals surface area contributed by atoms with E-state index in [1.807, 2.05) is 31.4 Å². The molecule has 7 rings (SSSR count). The van der Waals surface area contributed by atoms with Crippen LogP contribution in [0.25, 0.3) is 0 Å². The third-order valence-electron chi connectivity index (χ3n) is 10.9. The molecule has 0 aromatic carbocycles. The third-order valence-corrected chi connectivity index (χ3v) is 10.9. The summed E-state index contributed by atoms with van der Waals surface area (Å²) in [5.41, 5.74) is 1.21. The number of rotatable bonds is 5. The molecule has 0 N–H and O–H groups in total. The Morgan fingerprint density at radius 2 is 1.90 bits per heavy atom. The zero-order chi connectivity index (χ0) is 28.1. The monoisotopic (exact) mass is 566 g/mol. The van der Waals surface area contributed by atoms with E-state index in [-0.39, 0.29) is 41.9 Å². The molecular weight excluding hydrogens is 523 g/mol. The van der Waals surface area contributed by atoms with Gasteiger partial charge in [0.1, 0.15) is 6.17 Å². The fourth-order valence-corrected chi connectivity index (χ4v) is 8.87. The molecule has 2 saturated heterocycles. The van der Waals surface area contributed by atoms with Gasteiger partial charge in [0.05, 0.1) is 49.1 Å². The maximum absolute atomic E-state index is 16.3. The summed E-state index contributed by atoms with van der Waals surface area (Å²) in [7, 11) is 1.98. The van der Waals surface area contributed by atoms with Gasteiger partial charge < -0.3 is 19.3 Å². The molecule has 222 valence electrons. The van der Waals surface area contributed by atoms with Gasteiger partial charge in [-0.1, -0.05) is 31.7 Å². The van der Waals surface area contributed by atoms with Crippen molar-refractivity contribution in [2.75, 3.05) is 39.9 Å². The number of carbonyl (C=O) groups excluding carboxylic acids is 2. The molecule has 9 unspecified atom stereocenters. The number of hydrogen-bond donors (Lipinski definition) is 0. The highest BCUT2D eigenvalue weighted by molar-refractivity contribution is 6.20. The van der Waals surface area contributed by atoms with Crippen molar-refractivity contribution in [3.63, 3.8) is 0 Å². The number of halogens is 1. The lowest BCUT2D eigenvalue weighted by molar-refractivity contribution is -0.219. The minimum Gasteiger partial charge on any atom is -0.378 e. The van der Waals surface area contributed by atoms with Gasteiger partial charge in [-0.2, -0.15) is 0 Å². The summed E-state index contributed by atoms with van der Waals surface area (Å²) in [5, 5.41) is 0. The lowest BCUT2D eigenvalue weighted by Gasteiger charge is -2.61. The van der Waals surface area contributed by atoms with Crippen molar-refractivity contribution in [1.82, 2.24) is 19.7 Å². The van der Waals surface area contributed by atoms with E-state index in [1.54, 1.807) is 11.1 Å². The molecule has 0 radical (unpaired) electrons. The Hall–Kier alpha value is -2.36. The average molecular weight is 567 g/mol. The first-order chi connectivity index (χ1) is 20.0. The maximum atomic E-state index is 16.3. The van der Waals surface area contributed by atoms with Gasteiger partial charge in [-0.15, -0.1) is 0 Å². The molecule has 3 aliphatic heterocycles. The number of nitrogens with zero attached hydrogens (tertiary/aromatic N) is 4. The van der Waals surface area contributed by atoms with E-state index < -0.39 is 24.2 Å². The molecule has 1 aromatic rings. The van der Waals surface area contributed by atoms with E-state index in [2.05, 4.69) is 14.8 Å². The fraction of sp³-hybridized carbons (Fsp3) is 0.719. The van der Waals surface area contributed by atoms with E-state index in [0.717, 1.165) is 25.0 Å². The van der Waals surface area contributed by atoms with Gasteiger partial charge in [0.15, 0.2) is 5.78 Å². The van der Waals surface area contributed by atoms with Crippen LogP contribution in [0.1, 0.15) is 50.6 Å². The van der Waals surface area contributed by atoms with Crippen molar-refractivity contribution in [2.24, 2.45) is 17.8 Å². The predicted molar refractivity (Wildman–Crippen MR) is 151 cm³/mol. The minimum absolute atomic E-state index is 0.0163. The van der Waals surface area contributed by atoms with Crippen molar-refractivity contribution < 1.29 is 23.5 Å². The summed E-state index contributed by atoms with van der Waals surface area (Å²) in [6.45, 7) is 2.57. The Balaban J connectivity index is 1.21. The minimum atomic E-state index is -1.22. The number of alkyl halides is 1. The summed E-state index contributed by atoms with van der Waals surface area (Å²) in [6, 6.07) is 5.30. The highest BCUT2D eigenvalue weighted by Crippen LogP contribution is 2.50. The van der Waals surface area contributed by atoms with E-state index in [1.165, 1.54) is 25.7 Å². The van der Waals surface area contributed by atoms with Crippen LogP contribution in [0.4, 0.5) is 4.39 Å². The van der Waals surface area contributed by atoms with Crippen molar-refractivity contribution in [3.05, 3.63) is 41.9 Å². The highest BCUT2D eigenvalue weighted by atomic mass is 19.1. The summed E-state index contributed by atoms with van der Waals surface area (Å²) < 4.78 is 28.7. The molecule has 8 nitrogen and oxygen atoms in total. The van der Waals surface area contributed by atoms with Crippen LogP contribution >= 0.6 is 0 Å². The van der Waals surface area contributed by atoms with Gasteiger partial charge in [0.2, 0.25) is 0 Å². The van der Waals surface area contributed by atoms with Crippen molar-refractivity contribution in [2.45, 2.75) is 87.9 Å². The van der Waals surface area contributed by atoms with Gasteiger partial charge in [-0.3, -0.25) is 19.5 Å². The second-order valence-corrected chi connectivity index (χ2v) is 13.1. The normalized spacial score (nSPS) is 38.6. The number of carbonyl (C=O) groups is 2. The number of ketones is 1. The number of hydrogen-bond acceptors (Lipinski definition) is 7. The molecular formula is C32H43FN4O4. The molecule has 0 bridgehead atoms. The highest BCUT2D eigenvalue weighted by Gasteiger charge is 2.60. The summed E-state index contributed by atoms with van der Waals surface area (Å²) >= 11 is 0. The topological polar surface area (TPSA) is 75.2 Å². The van der Waals surface area contributed by atoms with Crippen LogP contribution in [0, 0.1) is 17.8 Å². The number of likely N-dealkylation sites (N-methyl/N-ethyl adjacent to an activating group) is 1. The van der Waals surface area contributed by atoms with Gasteiger partial charge in [-0.05, 0) is 50.3 Å². The third kappa shape index (κ3) is 5.01. The Morgan fingerprint density at radius 3 is 2.66 bits per heavy atom. The predicted octanol–water partition coefficient (Wildman–Crippen LogP) is 3.01. The molecule has 3 aliphatic carbocycles. The van der Waals surface area contributed by atoms with Crippen LogP contribution < -0.4 is 0 Å². The molecule has 1 aromatic heterocycles. The lowest BCUT2D eigenvalue weighted by atomic mass is 9.64. The molecule has 4 heterocycles. The quantitative estimate of drug-likeness (QED) is 0.508. The van der Waals surface area contributed by atoms with Crippen LogP contribution in [0.3, 0.4) is 0 Å². The molecule has 6 aliphatic rings. The average Bonchev–Trinajstić information content (AvgIpc) is 3.00. The first-order valence-electron chi connectivity index (χ1n) is 15.8. The Kier molecular flexibility index (Phi) is 7.62. The second-order valence-electron chi connectivity index (χ2n) is 13.1. The molecule has 0 spiro atoms. The van der Waals surface area contributed by atoms with Gasteiger partial charge >= 0.3 is 0 Å². The van der Waals surface area contributed by atoms with E-state index in [4.69, 9.17) is 9.47 Å². The molecule has 9 atom stereocenters. The van der Waals surface area contributed by atoms with Gasteiger partial charge in [-0.25, -0.2) is 4.39 Å².